The summed E-state index contributed by atoms with van der Waals surface area (Å²) in [6.45, 7) is 0.825. The number of nitro groups is 1. The van der Waals surface area contributed by atoms with Crippen molar-refractivity contribution in [1.82, 2.24) is 4.90 Å². The lowest BCUT2D eigenvalue weighted by Gasteiger charge is -2.30. The van der Waals surface area contributed by atoms with Gasteiger partial charge in [-0.1, -0.05) is 6.07 Å². The van der Waals surface area contributed by atoms with Crippen molar-refractivity contribution in [3.05, 3.63) is 34.4 Å². The van der Waals surface area contributed by atoms with Crippen LogP contribution in [0.15, 0.2) is 24.3 Å². The number of rotatable bonds is 3. The molecule has 112 valence electrons. The Bertz CT molecular complexity index is 575. The molecule has 1 atom stereocenters. The third kappa shape index (κ3) is 3.68. The fourth-order valence-corrected chi connectivity index (χ4v) is 2.33. The molecule has 0 bridgehead atoms. The lowest BCUT2D eigenvalue weighted by molar-refractivity contribution is -0.384. The number of urea groups is 1. The monoisotopic (exact) mass is 292 g/mol. The Hall–Kier alpha value is -2.64. The van der Waals surface area contributed by atoms with Crippen LogP contribution in [0.3, 0.4) is 0 Å². The zero-order chi connectivity index (χ0) is 15.4. The first kappa shape index (κ1) is 14.8. The lowest BCUT2D eigenvalue weighted by atomic mass is 9.97. The van der Waals surface area contributed by atoms with E-state index in [4.69, 9.17) is 5.73 Å². The summed E-state index contributed by atoms with van der Waals surface area (Å²) in [5.41, 5.74) is 5.49. The highest BCUT2D eigenvalue weighted by atomic mass is 16.6. The van der Waals surface area contributed by atoms with Gasteiger partial charge in [0.2, 0.25) is 5.91 Å². The first-order valence-electron chi connectivity index (χ1n) is 6.57. The number of piperidine rings is 1. The van der Waals surface area contributed by atoms with Gasteiger partial charge in [-0.2, -0.15) is 0 Å². The second kappa shape index (κ2) is 6.21. The maximum Gasteiger partial charge on any atom is 0.314 e. The number of likely N-dealkylation sites (tertiary alicyclic amines) is 1. The van der Waals surface area contributed by atoms with Crippen molar-refractivity contribution in [3.63, 3.8) is 0 Å². The van der Waals surface area contributed by atoms with Gasteiger partial charge in [0.1, 0.15) is 0 Å². The van der Waals surface area contributed by atoms with Gasteiger partial charge in [0.25, 0.3) is 5.69 Å². The molecule has 8 heteroatoms. The Labute approximate surface area is 121 Å². The number of nitrogens with zero attached hydrogens (tertiary/aromatic N) is 2. The zero-order valence-corrected chi connectivity index (χ0v) is 11.3. The third-order valence-corrected chi connectivity index (χ3v) is 3.43. The van der Waals surface area contributed by atoms with Crippen LogP contribution in [0.2, 0.25) is 0 Å². The molecule has 21 heavy (non-hydrogen) atoms. The lowest BCUT2D eigenvalue weighted by Crippen LogP contribution is -2.46. The number of non-ortho nitro benzene ring substituents is 1. The molecule has 0 radical (unpaired) electrons. The maximum atomic E-state index is 12.2. The van der Waals surface area contributed by atoms with Crippen LogP contribution >= 0.6 is 0 Å². The quantitative estimate of drug-likeness (QED) is 0.645. The van der Waals surface area contributed by atoms with E-state index in [-0.39, 0.29) is 24.1 Å². The molecule has 0 aliphatic carbocycles. The molecule has 1 aromatic rings. The van der Waals surface area contributed by atoms with Gasteiger partial charge >= 0.3 is 6.03 Å². The van der Waals surface area contributed by atoms with E-state index in [1.54, 1.807) is 6.07 Å². The summed E-state index contributed by atoms with van der Waals surface area (Å²) >= 11 is 0. The Balaban J connectivity index is 2.02. The number of hydrogen-bond donors (Lipinski definition) is 2. The number of nitrogens with two attached hydrogens (primary N) is 1. The van der Waals surface area contributed by atoms with E-state index in [0.717, 1.165) is 0 Å². The summed E-state index contributed by atoms with van der Waals surface area (Å²) in [6.07, 6.45) is 1.36. The molecule has 8 nitrogen and oxygen atoms in total. The number of carbonyl (C=O) groups excluding carboxylic acids is 2. The molecule has 1 aromatic carbocycles. The molecule has 0 aromatic heterocycles. The van der Waals surface area contributed by atoms with Crippen LogP contribution < -0.4 is 11.1 Å². The zero-order valence-electron chi connectivity index (χ0n) is 11.3. The molecule has 0 unspecified atom stereocenters. The number of nitro benzene ring substituents is 1. The number of benzene rings is 1. The fourth-order valence-electron chi connectivity index (χ4n) is 2.33. The summed E-state index contributed by atoms with van der Waals surface area (Å²) < 4.78 is 0. The van der Waals surface area contributed by atoms with Gasteiger partial charge in [0, 0.05) is 30.9 Å². The summed E-state index contributed by atoms with van der Waals surface area (Å²) in [4.78, 5) is 34.9. The normalized spacial score (nSPS) is 18.1. The van der Waals surface area contributed by atoms with Crippen LogP contribution in [0.4, 0.5) is 16.2 Å². The van der Waals surface area contributed by atoms with E-state index < -0.39 is 11.0 Å². The minimum atomic E-state index is -0.539. The van der Waals surface area contributed by atoms with Crippen LogP contribution in [-0.2, 0) is 4.79 Å². The van der Waals surface area contributed by atoms with Crippen molar-refractivity contribution in [3.8, 4) is 0 Å². The number of carbonyl (C=O) groups is 2. The van der Waals surface area contributed by atoms with Gasteiger partial charge in [0.05, 0.1) is 10.8 Å². The number of amides is 3. The van der Waals surface area contributed by atoms with Crippen molar-refractivity contribution in [1.29, 1.82) is 0 Å². The van der Waals surface area contributed by atoms with Crippen LogP contribution in [0.1, 0.15) is 12.8 Å². The van der Waals surface area contributed by atoms with Gasteiger partial charge in [-0.15, -0.1) is 0 Å². The molecule has 2 rings (SSSR count). The topological polar surface area (TPSA) is 119 Å². The molecule has 3 N–H and O–H groups in total. The van der Waals surface area contributed by atoms with Gasteiger partial charge in [-0.05, 0) is 18.9 Å². The molecule has 0 spiro atoms. The average Bonchev–Trinajstić information content (AvgIpc) is 2.47. The van der Waals surface area contributed by atoms with Crippen molar-refractivity contribution >= 4 is 23.3 Å². The summed E-state index contributed by atoms with van der Waals surface area (Å²) in [5.74, 6) is -0.619. The molecule has 1 fully saturated rings. The van der Waals surface area contributed by atoms with E-state index in [1.807, 2.05) is 0 Å². The molecule has 3 amide bonds. The van der Waals surface area contributed by atoms with Gasteiger partial charge in [-0.3, -0.25) is 14.9 Å². The summed E-state index contributed by atoms with van der Waals surface area (Å²) in [7, 11) is 0. The van der Waals surface area contributed by atoms with Gasteiger partial charge < -0.3 is 16.0 Å². The van der Waals surface area contributed by atoms with Crippen molar-refractivity contribution in [2.24, 2.45) is 11.7 Å². The number of nitrogens with one attached hydrogen (secondary N) is 1. The van der Waals surface area contributed by atoms with Crippen molar-refractivity contribution in [2.75, 3.05) is 18.4 Å². The minimum Gasteiger partial charge on any atom is -0.351 e. The van der Waals surface area contributed by atoms with E-state index >= 15 is 0 Å². The van der Waals surface area contributed by atoms with Crippen molar-refractivity contribution < 1.29 is 14.5 Å². The molecule has 1 aliphatic rings. The molecular weight excluding hydrogens is 276 g/mol. The third-order valence-electron chi connectivity index (χ3n) is 3.43. The first-order valence-corrected chi connectivity index (χ1v) is 6.57. The predicted octanol–water partition coefficient (Wildman–Crippen LogP) is 1.32. The first-order chi connectivity index (χ1) is 9.97. The number of primary amides is 1. The maximum absolute atomic E-state index is 12.2. The summed E-state index contributed by atoms with van der Waals surface area (Å²) in [6, 6.07) is 5.20. The van der Waals surface area contributed by atoms with Gasteiger partial charge in [0.15, 0.2) is 0 Å². The highest BCUT2D eigenvalue weighted by Gasteiger charge is 2.27. The van der Waals surface area contributed by atoms with E-state index in [2.05, 4.69) is 5.32 Å². The highest BCUT2D eigenvalue weighted by Crippen LogP contribution is 2.21. The molecule has 0 saturated carbocycles. The van der Waals surface area contributed by atoms with Crippen LogP contribution in [0, 0.1) is 16.0 Å². The SMILES string of the molecule is NC(=O)N1CCC[C@@H](C(=O)Nc2cccc([N+](=O)[O-])c2)C1. The number of hydrogen-bond acceptors (Lipinski definition) is 4. The fraction of sp³-hybridized carbons (Fsp3) is 0.385. The Kier molecular flexibility index (Phi) is 4.36. The highest BCUT2D eigenvalue weighted by molar-refractivity contribution is 5.93. The Morgan fingerprint density at radius 1 is 1.43 bits per heavy atom. The average molecular weight is 292 g/mol. The van der Waals surface area contributed by atoms with Crippen LogP contribution in [0.5, 0.6) is 0 Å². The molecular formula is C13H16N4O4. The predicted molar refractivity (Wildman–Crippen MR) is 75.6 cm³/mol. The minimum absolute atomic E-state index is 0.0878. The largest absolute Gasteiger partial charge is 0.351 e. The summed E-state index contributed by atoms with van der Waals surface area (Å²) in [5, 5.41) is 13.3. The smallest absolute Gasteiger partial charge is 0.314 e. The second-order valence-electron chi connectivity index (χ2n) is 4.92. The Morgan fingerprint density at radius 3 is 2.86 bits per heavy atom. The molecule has 1 heterocycles. The standard InChI is InChI=1S/C13H16N4O4/c14-13(19)16-6-2-3-9(8-16)12(18)15-10-4-1-5-11(7-10)17(20)21/h1,4-5,7,9H,2-3,6,8H2,(H2,14,19)(H,15,18)/t9-/m1/s1. The van der Waals surface area contributed by atoms with Crippen molar-refractivity contribution in [2.45, 2.75) is 12.8 Å². The van der Waals surface area contributed by atoms with Crippen LogP contribution in [-0.4, -0.2) is 34.9 Å². The van der Waals surface area contributed by atoms with E-state index in [9.17, 15) is 19.7 Å². The Morgan fingerprint density at radius 2 is 2.19 bits per heavy atom. The van der Waals surface area contributed by atoms with E-state index in [0.29, 0.717) is 25.1 Å². The van der Waals surface area contributed by atoms with Gasteiger partial charge in [-0.25, -0.2) is 4.79 Å². The molecule has 1 saturated heterocycles. The van der Waals surface area contributed by atoms with E-state index in [1.165, 1.54) is 23.1 Å². The second-order valence-corrected chi connectivity index (χ2v) is 4.92. The number of anilines is 1. The molecule has 1 aliphatic heterocycles. The van der Waals surface area contributed by atoms with Crippen LogP contribution in [0.25, 0.3) is 0 Å².